The van der Waals surface area contributed by atoms with Crippen LogP contribution in [0.4, 0.5) is 0 Å². The van der Waals surface area contributed by atoms with Crippen LogP contribution in [0, 0.1) is 66.6 Å². The number of carbonyl (C=O) groups is 3. The molecule has 0 spiro atoms. The molecule has 0 heterocycles. The number of carbonyl (C=O) groups excluding carboxylic acids is 3. The number of fused-ring (bicyclic) bond motifs is 2. The molecule has 0 aromatic rings. The molecule has 0 aromatic carbocycles. The van der Waals surface area contributed by atoms with Gasteiger partial charge in [0.25, 0.3) is 0 Å². The molecular weight excluding hydrogens is 610 g/mol. The van der Waals surface area contributed by atoms with Crippen LogP contribution in [0.1, 0.15) is 52.4 Å². The average molecular weight is 641 g/mol. The molecule has 3 saturated carbocycles. The summed E-state index contributed by atoms with van der Waals surface area (Å²) in [6.07, 6.45) is 9.69. The number of ether oxygens (including phenoxy) is 2. The Morgan fingerprint density at radius 3 is 2.53 bits per heavy atom. The molecule has 8 heteroatoms. The Labute approximate surface area is 202 Å². The van der Waals surface area contributed by atoms with Gasteiger partial charge in [0, 0.05) is 17.0 Å². The van der Waals surface area contributed by atoms with Crippen molar-refractivity contribution in [2.75, 3.05) is 6.61 Å². The standard InChI is InChI=1S/C22H30N2O5.U/c1-4-22(7-5-6-8-22)24-20(26)19-15-9-14(16(19)11-23)10-17(15)29-18(25)12-28-21(27)13(2)3;/h10,14-17,19,23H,2,4-9,12H2,1,3H3,(H,24,26);/q-2;+2. The van der Waals surface area contributed by atoms with E-state index in [1.165, 1.54) is 6.92 Å². The van der Waals surface area contributed by atoms with Gasteiger partial charge >= 0.3 is 43.1 Å². The summed E-state index contributed by atoms with van der Waals surface area (Å²) in [6.45, 7) is 6.58. The maximum atomic E-state index is 13.2. The van der Waals surface area contributed by atoms with E-state index in [0.717, 1.165) is 32.1 Å². The van der Waals surface area contributed by atoms with Crippen LogP contribution in [0.25, 0.3) is 0 Å². The summed E-state index contributed by atoms with van der Waals surface area (Å²) in [6, 6.07) is 0. The van der Waals surface area contributed by atoms with Crippen LogP contribution in [0.3, 0.4) is 0 Å². The van der Waals surface area contributed by atoms with E-state index in [1.54, 1.807) is 0 Å². The zero-order chi connectivity index (χ0) is 21.2. The summed E-state index contributed by atoms with van der Waals surface area (Å²) in [7, 11) is 0. The minimum atomic E-state index is -0.649. The predicted octanol–water partition coefficient (Wildman–Crippen LogP) is 2.47. The van der Waals surface area contributed by atoms with Crippen LogP contribution in [0.5, 0.6) is 0 Å². The largest absolute Gasteiger partial charge is 2.00 e. The van der Waals surface area contributed by atoms with Crippen LogP contribution in [-0.4, -0.2) is 42.3 Å². The van der Waals surface area contributed by atoms with Crippen molar-refractivity contribution in [3.05, 3.63) is 18.6 Å². The Kier molecular flexibility index (Phi) is 8.76. The van der Waals surface area contributed by atoms with Gasteiger partial charge in [0.1, 0.15) is 0 Å². The van der Waals surface area contributed by atoms with Gasteiger partial charge in [0.05, 0.1) is 0 Å². The fraction of sp³-hybridized carbons (Fsp3) is 0.682. The quantitative estimate of drug-likeness (QED) is 0.184. The van der Waals surface area contributed by atoms with Gasteiger partial charge in [-0.3, -0.25) is 11.2 Å². The first-order valence-corrected chi connectivity index (χ1v) is 10.4. The summed E-state index contributed by atoms with van der Waals surface area (Å²) in [5, 5.41) is 11.0. The summed E-state index contributed by atoms with van der Waals surface area (Å²) in [4.78, 5) is 36.7. The fourth-order valence-electron chi connectivity index (χ4n) is 5.14. The van der Waals surface area contributed by atoms with Gasteiger partial charge in [-0.15, -0.1) is 0 Å². The topological polar surface area (TPSA) is 106 Å². The van der Waals surface area contributed by atoms with Gasteiger partial charge in [-0.1, -0.05) is 32.8 Å². The molecular formula is C22H30N2O5U. The van der Waals surface area contributed by atoms with Crippen molar-refractivity contribution in [3.8, 4) is 0 Å². The van der Waals surface area contributed by atoms with Gasteiger partial charge < -0.3 is 26.4 Å². The summed E-state index contributed by atoms with van der Waals surface area (Å²) in [5.74, 6) is -2.26. The Morgan fingerprint density at radius 2 is 1.97 bits per heavy atom. The Balaban J connectivity index is 0.00000320. The molecule has 2 N–H and O–H groups in total. The number of esters is 2. The molecule has 0 saturated heterocycles. The first kappa shape index (κ1) is 25.1. The molecule has 7 nitrogen and oxygen atoms in total. The molecule has 2 bridgehead atoms. The van der Waals surface area contributed by atoms with Gasteiger partial charge in [-0.05, 0) is 38.2 Å². The monoisotopic (exact) mass is 640 g/mol. The van der Waals surface area contributed by atoms with Crippen molar-refractivity contribution in [3.63, 3.8) is 0 Å². The second-order valence-electron chi connectivity index (χ2n) is 8.59. The maximum absolute atomic E-state index is 13.2. The Morgan fingerprint density at radius 1 is 1.30 bits per heavy atom. The molecule has 3 aliphatic carbocycles. The Hall–Kier alpha value is -1.13. The Bertz CT molecular complexity index is 704. The van der Waals surface area contributed by atoms with E-state index >= 15 is 0 Å². The van der Waals surface area contributed by atoms with E-state index in [-0.39, 0.29) is 65.9 Å². The van der Waals surface area contributed by atoms with Gasteiger partial charge in [-0.25, -0.2) is 9.59 Å². The SMILES string of the molecule is C=C(C)C(=O)OCC(=O)OC1[CH-]C2CC1C(C(=O)NC1(CC)CCCC1)C2[C-]=N.[U+2]. The molecule has 0 aliphatic heterocycles. The number of nitrogens with one attached hydrogen (secondary N) is 2. The van der Waals surface area contributed by atoms with E-state index in [4.69, 9.17) is 14.9 Å². The number of rotatable bonds is 8. The van der Waals surface area contributed by atoms with Crippen molar-refractivity contribution in [2.24, 2.45) is 23.7 Å². The number of hydrogen-bond donors (Lipinski definition) is 2. The third kappa shape index (κ3) is 5.19. The minimum Gasteiger partial charge on any atom is -0.518 e. The molecule has 1 amide bonds. The molecule has 0 aromatic heterocycles. The number of amides is 1. The zero-order valence-electron chi connectivity index (χ0n) is 17.7. The zero-order valence-corrected chi connectivity index (χ0v) is 21.8. The third-order valence-electron chi connectivity index (χ3n) is 6.74. The normalized spacial score (nSPS) is 30.8. The summed E-state index contributed by atoms with van der Waals surface area (Å²) < 4.78 is 10.3. The molecule has 5 unspecified atom stereocenters. The van der Waals surface area contributed by atoms with Crippen LogP contribution in [0.2, 0.25) is 0 Å². The average Bonchev–Trinajstić information content (AvgIpc) is 3.40. The van der Waals surface area contributed by atoms with Crippen LogP contribution < -0.4 is 5.32 Å². The van der Waals surface area contributed by atoms with Crippen LogP contribution in [-0.2, 0) is 23.9 Å². The summed E-state index contributed by atoms with van der Waals surface area (Å²) >= 11 is 0. The van der Waals surface area contributed by atoms with Gasteiger partial charge in [0.15, 0.2) is 6.61 Å². The smallest absolute Gasteiger partial charge is 0.518 e. The minimum absolute atomic E-state index is 0. The second-order valence-corrected chi connectivity index (χ2v) is 8.59. The fourth-order valence-corrected chi connectivity index (χ4v) is 5.14. The first-order valence-electron chi connectivity index (χ1n) is 10.4. The third-order valence-corrected chi connectivity index (χ3v) is 6.74. The first-order chi connectivity index (χ1) is 13.8. The van der Waals surface area contributed by atoms with Crippen molar-refractivity contribution in [1.29, 1.82) is 5.41 Å². The second kappa shape index (κ2) is 10.5. The molecule has 0 radical (unpaired) electrons. The molecule has 5 atom stereocenters. The molecule has 30 heavy (non-hydrogen) atoms. The van der Waals surface area contributed by atoms with Crippen molar-refractivity contribution in [2.45, 2.75) is 64.0 Å². The predicted molar refractivity (Wildman–Crippen MR) is 106 cm³/mol. The number of hydrogen-bond acceptors (Lipinski definition) is 6. The summed E-state index contributed by atoms with van der Waals surface area (Å²) in [5.41, 5.74) is 0.0557. The van der Waals surface area contributed by atoms with E-state index < -0.39 is 30.6 Å². The molecule has 162 valence electrons. The maximum Gasteiger partial charge on any atom is 2.00 e. The molecule has 3 aliphatic rings. The van der Waals surface area contributed by atoms with Gasteiger partial charge in [-0.2, -0.15) is 11.8 Å². The molecule has 3 rings (SSSR count). The van der Waals surface area contributed by atoms with E-state index in [0.29, 0.717) is 6.42 Å². The van der Waals surface area contributed by atoms with Gasteiger partial charge in [0.2, 0.25) is 5.91 Å². The van der Waals surface area contributed by atoms with Crippen molar-refractivity contribution in [1.82, 2.24) is 5.32 Å². The van der Waals surface area contributed by atoms with E-state index in [2.05, 4.69) is 25.0 Å². The molecule has 3 fully saturated rings. The van der Waals surface area contributed by atoms with E-state index in [9.17, 15) is 14.4 Å². The van der Waals surface area contributed by atoms with Crippen molar-refractivity contribution < 1.29 is 55.0 Å². The van der Waals surface area contributed by atoms with Crippen LogP contribution in [0.15, 0.2) is 12.2 Å². The van der Waals surface area contributed by atoms with Crippen molar-refractivity contribution >= 4 is 24.1 Å². The van der Waals surface area contributed by atoms with E-state index in [1.807, 2.05) is 6.42 Å². The van der Waals surface area contributed by atoms with Crippen LogP contribution >= 0.6 is 0 Å².